The van der Waals surface area contributed by atoms with E-state index in [0.29, 0.717) is 33.4 Å². The Bertz CT molecular complexity index is 1690. The van der Waals surface area contributed by atoms with E-state index in [2.05, 4.69) is 20.9 Å². The Morgan fingerprint density at radius 3 is 2.49 bits per heavy atom. The number of ether oxygens (including phenoxy) is 2. The monoisotopic (exact) mass is 644 g/mol. The molecule has 45 heavy (non-hydrogen) atoms. The normalized spacial score (nSPS) is 11.7. The molecule has 0 aliphatic heterocycles. The van der Waals surface area contributed by atoms with E-state index < -0.39 is 17.1 Å². The molecule has 1 unspecified atom stereocenters. The van der Waals surface area contributed by atoms with Crippen molar-refractivity contribution in [3.63, 3.8) is 0 Å². The largest absolute Gasteiger partial charge is 0.496 e. The minimum Gasteiger partial charge on any atom is -0.496 e. The van der Waals surface area contributed by atoms with Gasteiger partial charge in [0.05, 0.1) is 31.1 Å². The van der Waals surface area contributed by atoms with Crippen molar-refractivity contribution >= 4 is 63.7 Å². The van der Waals surface area contributed by atoms with Crippen molar-refractivity contribution in [2.45, 2.75) is 30.4 Å². The van der Waals surface area contributed by atoms with Crippen LogP contribution in [0.1, 0.15) is 35.5 Å². The van der Waals surface area contributed by atoms with Gasteiger partial charge in [-0.2, -0.15) is 0 Å². The minimum absolute atomic E-state index is 0.0185. The second kappa shape index (κ2) is 16.2. The van der Waals surface area contributed by atoms with Gasteiger partial charge in [-0.25, -0.2) is 4.98 Å². The summed E-state index contributed by atoms with van der Waals surface area (Å²) in [5.41, 5.74) is 2.02. The number of nitrogens with one attached hydrogen (secondary N) is 3. The Hall–Kier alpha value is -4.94. The maximum Gasteiger partial charge on any atom is 0.311 e. The molecule has 1 atom stereocenters. The lowest BCUT2D eigenvalue weighted by Gasteiger charge is -2.14. The Morgan fingerprint density at radius 1 is 0.978 bits per heavy atom. The van der Waals surface area contributed by atoms with E-state index in [0.717, 1.165) is 4.90 Å². The first-order valence-electron chi connectivity index (χ1n) is 14.0. The third-order valence-corrected chi connectivity index (χ3v) is 8.05. The molecule has 4 aromatic rings. The zero-order chi connectivity index (χ0) is 32.2. The van der Waals surface area contributed by atoms with Crippen LogP contribution in [0.5, 0.6) is 5.75 Å². The summed E-state index contributed by atoms with van der Waals surface area (Å²) in [5, 5.41) is 9.94. The molecule has 0 radical (unpaired) electrons. The third kappa shape index (κ3) is 9.78. The standard InChI is InChI=1S/C33H32N4O6S2/c1-4-43-29(38)19-25-20-44-33(35-25)37-30(39)21(2)45-26-15-10-14-24(18-26)34-32(41)27(17-23-13-8-9-16-28(23)42-3)36-31(40)22-11-6-5-7-12-22/h5-18,20-21H,4,19H2,1-3H3,(H,34,41)(H,36,40)(H,35,37,39)/b27-17+. The summed E-state index contributed by atoms with van der Waals surface area (Å²) < 4.78 is 10.4. The van der Waals surface area contributed by atoms with Crippen LogP contribution in [0.3, 0.4) is 0 Å². The summed E-state index contributed by atoms with van der Waals surface area (Å²) in [6, 6.07) is 22.8. The van der Waals surface area contributed by atoms with Gasteiger partial charge in [-0.3, -0.25) is 19.2 Å². The number of nitrogens with zero attached hydrogens (tertiary/aromatic N) is 1. The highest BCUT2D eigenvalue weighted by Crippen LogP contribution is 2.28. The molecular formula is C33H32N4O6S2. The molecule has 10 nitrogen and oxygen atoms in total. The number of anilines is 2. The predicted molar refractivity (Wildman–Crippen MR) is 176 cm³/mol. The molecular weight excluding hydrogens is 613 g/mol. The summed E-state index contributed by atoms with van der Waals surface area (Å²) >= 11 is 2.53. The average Bonchev–Trinajstić information content (AvgIpc) is 3.47. The molecule has 3 aromatic carbocycles. The van der Waals surface area contributed by atoms with Crippen LogP contribution >= 0.6 is 23.1 Å². The Balaban J connectivity index is 1.44. The quantitative estimate of drug-likeness (QED) is 0.0946. The fourth-order valence-electron chi connectivity index (χ4n) is 4.00. The van der Waals surface area contributed by atoms with Crippen LogP contribution in [-0.4, -0.2) is 47.6 Å². The lowest BCUT2D eigenvalue weighted by atomic mass is 10.1. The molecule has 1 heterocycles. The van der Waals surface area contributed by atoms with Crippen LogP contribution < -0.4 is 20.7 Å². The van der Waals surface area contributed by atoms with Crippen LogP contribution in [0, 0.1) is 0 Å². The van der Waals surface area contributed by atoms with Crippen LogP contribution in [0.25, 0.3) is 6.08 Å². The molecule has 0 aliphatic rings. The van der Waals surface area contributed by atoms with Crippen molar-refractivity contribution in [3.05, 3.63) is 107 Å². The molecule has 232 valence electrons. The number of thiazole rings is 1. The molecule has 3 amide bonds. The number of hydrogen-bond acceptors (Lipinski definition) is 9. The van der Waals surface area contributed by atoms with Crippen LogP contribution in [0.2, 0.25) is 0 Å². The number of rotatable bonds is 13. The average molecular weight is 645 g/mol. The van der Waals surface area contributed by atoms with E-state index in [1.807, 2.05) is 12.1 Å². The Morgan fingerprint density at radius 2 is 1.73 bits per heavy atom. The number of carbonyl (C=O) groups excluding carboxylic acids is 4. The summed E-state index contributed by atoms with van der Waals surface area (Å²) in [5.74, 6) is -1.09. The molecule has 0 fully saturated rings. The van der Waals surface area contributed by atoms with Crippen molar-refractivity contribution in [1.29, 1.82) is 0 Å². The molecule has 4 rings (SSSR count). The van der Waals surface area contributed by atoms with Crippen LogP contribution in [-0.2, 0) is 25.5 Å². The van der Waals surface area contributed by atoms with Crippen LogP contribution in [0.4, 0.5) is 10.8 Å². The molecule has 0 spiro atoms. The first-order valence-corrected chi connectivity index (χ1v) is 15.7. The number of carbonyl (C=O) groups is 4. The van der Waals surface area contributed by atoms with Crippen molar-refractivity contribution in [3.8, 4) is 5.75 Å². The van der Waals surface area contributed by atoms with Gasteiger partial charge in [0, 0.05) is 27.1 Å². The summed E-state index contributed by atoms with van der Waals surface area (Å²) in [7, 11) is 1.53. The fraction of sp³-hybridized carbons (Fsp3) is 0.182. The van der Waals surface area contributed by atoms with Gasteiger partial charge in [0.2, 0.25) is 5.91 Å². The van der Waals surface area contributed by atoms with E-state index in [1.54, 1.807) is 92.0 Å². The maximum atomic E-state index is 13.5. The van der Waals surface area contributed by atoms with Crippen molar-refractivity contribution in [1.82, 2.24) is 10.3 Å². The number of para-hydroxylation sites is 1. The SMILES string of the molecule is CCOC(=O)Cc1csc(NC(=O)C(C)Sc2cccc(NC(=O)/C(=C\c3ccccc3OC)NC(=O)c3ccccc3)c2)n1. The maximum absolute atomic E-state index is 13.5. The number of benzene rings is 3. The number of aromatic nitrogens is 1. The molecule has 12 heteroatoms. The second-order valence-corrected chi connectivity index (χ2v) is 11.7. The predicted octanol–water partition coefficient (Wildman–Crippen LogP) is 5.79. The van der Waals surface area contributed by atoms with Gasteiger partial charge in [0.25, 0.3) is 11.8 Å². The van der Waals surface area contributed by atoms with E-state index >= 15 is 0 Å². The molecule has 1 aromatic heterocycles. The summed E-state index contributed by atoms with van der Waals surface area (Å²) in [6.45, 7) is 3.78. The first-order chi connectivity index (χ1) is 21.7. The van der Waals surface area contributed by atoms with Crippen molar-refractivity contribution < 1.29 is 28.7 Å². The third-order valence-electron chi connectivity index (χ3n) is 6.15. The van der Waals surface area contributed by atoms with Gasteiger partial charge in [-0.15, -0.1) is 23.1 Å². The number of thioether (sulfide) groups is 1. The molecule has 0 aliphatic carbocycles. The van der Waals surface area contributed by atoms with E-state index in [9.17, 15) is 19.2 Å². The van der Waals surface area contributed by atoms with Gasteiger partial charge in [0.15, 0.2) is 5.13 Å². The zero-order valence-corrected chi connectivity index (χ0v) is 26.5. The molecule has 0 bridgehead atoms. The van der Waals surface area contributed by atoms with E-state index in [4.69, 9.17) is 9.47 Å². The molecule has 3 N–H and O–H groups in total. The lowest BCUT2D eigenvalue weighted by Crippen LogP contribution is -2.30. The highest BCUT2D eigenvalue weighted by Gasteiger charge is 2.19. The highest BCUT2D eigenvalue weighted by molar-refractivity contribution is 8.00. The van der Waals surface area contributed by atoms with Gasteiger partial charge < -0.3 is 25.4 Å². The second-order valence-electron chi connectivity index (χ2n) is 9.48. The van der Waals surface area contributed by atoms with Crippen molar-refractivity contribution in [2.24, 2.45) is 0 Å². The van der Waals surface area contributed by atoms with Crippen LogP contribution in [0.15, 0.2) is 94.8 Å². The minimum atomic E-state index is -0.541. The van der Waals surface area contributed by atoms with Crippen molar-refractivity contribution in [2.75, 3.05) is 24.4 Å². The fourth-order valence-corrected chi connectivity index (χ4v) is 5.64. The molecule has 0 saturated carbocycles. The number of esters is 1. The van der Waals surface area contributed by atoms with E-state index in [-0.39, 0.29) is 30.6 Å². The van der Waals surface area contributed by atoms with Gasteiger partial charge in [-0.1, -0.05) is 42.5 Å². The van der Waals surface area contributed by atoms with E-state index in [1.165, 1.54) is 30.2 Å². The lowest BCUT2D eigenvalue weighted by molar-refractivity contribution is -0.142. The number of methoxy groups -OCH3 is 1. The highest BCUT2D eigenvalue weighted by atomic mass is 32.2. The Labute approximate surface area is 269 Å². The van der Waals surface area contributed by atoms with Gasteiger partial charge in [0.1, 0.15) is 11.4 Å². The number of hydrogen-bond donors (Lipinski definition) is 3. The van der Waals surface area contributed by atoms with Gasteiger partial charge >= 0.3 is 5.97 Å². The number of amides is 3. The summed E-state index contributed by atoms with van der Waals surface area (Å²) in [6.07, 6.45) is 1.59. The topological polar surface area (TPSA) is 136 Å². The summed E-state index contributed by atoms with van der Waals surface area (Å²) in [4.78, 5) is 56.1. The first kappa shape index (κ1) is 33.0. The smallest absolute Gasteiger partial charge is 0.311 e. The molecule has 0 saturated heterocycles. The van der Waals surface area contributed by atoms with Gasteiger partial charge in [-0.05, 0) is 56.3 Å². The Kier molecular flexibility index (Phi) is 11.9. The zero-order valence-electron chi connectivity index (χ0n) is 24.9.